The lowest BCUT2D eigenvalue weighted by Crippen LogP contribution is -2.29. The van der Waals surface area contributed by atoms with Crippen LogP contribution in [0.4, 0.5) is 0 Å². The van der Waals surface area contributed by atoms with Crippen molar-refractivity contribution >= 4 is 5.91 Å². The predicted molar refractivity (Wildman–Crippen MR) is 110 cm³/mol. The Balaban J connectivity index is 2.06. The third-order valence-corrected chi connectivity index (χ3v) is 5.21. The van der Waals surface area contributed by atoms with Gasteiger partial charge in [0.05, 0.1) is 6.04 Å². The third kappa shape index (κ3) is 6.13. The Kier molecular flexibility index (Phi) is 8.39. The van der Waals surface area contributed by atoms with Gasteiger partial charge in [-0.15, -0.1) is 0 Å². The largest absolute Gasteiger partial charge is 0.376 e. The van der Waals surface area contributed by atoms with Crippen molar-refractivity contribution in [3.63, 3.8) is 0 Å². The van der Waals surface area contributed by atoms with E-state index >= 15 is 0 Å². The standard InChI is InChI=1S/C23H33N3O/c1-4-6-14-26(13-5-2)17-22(16-24)23(27)25-18(3)20-12-11-19-9-7-8-10-21(19)15-20/h11-12,15,17-18H,4-10,13-14H2,1-3H3,(H,25,27)/b22-17-. The summed E-state index contributed by atoms with van der Waals surface area (Å²) in [5.74, 6) is -0.291. The van der Waals surface area contributed by atoms with Gasteiger partial charge in [0.1, 0.15) is 11.6 Å². The number of amides is 1. The molecule has 1 N–H and O–H groups in total. The van der Waals surface area contributed by atoms with Crippen LogP contribution in [0.15, 0.2) is 30.0 Å². The molecule has 2 rings (SSSR count). The van der Waals surface area contributed by atoms with Gasteiger partial charge in [-0.1, -0.05) is 38.5 Å². The highest BCUT2D eigenvalue weighted by molar-refractivity contribution is 5.97. The molecule has 0 saturated carbocycles. The molecule has 27 heavy (non-hydrogen) atoms. The zero-order chi connectivity index (χ0) is 19.6. The number of rotatable bonds is 9. The summed E-state index contributed by atoms with van der Waals surface area (Å²) in [7, 11) is 0. The highest BCUT2D eigenvalue weighted by Crippen LogP contribution is 2.24. The number of unbranched alkanes of at least 4 members (excludes halogenated alkanes) is 1. The summed E-state index contributed by atoms with van der Waals surface area (Å²) in [6.45, 7) is 7.98. The van der Waals surface area contributed by atoms with E-state index in [4.69, 9.17) is 0 Å². The molecule has 0 aliphatic heterocycles. The summed E-state index contributed by atoms with van der Waals surface area (Å²) in [5.41, 5.74) is 4.14. The van der Waals surface area contributed by atoms with Crippen LogP contribution in [0.2, 0.25) is 0 Å². The van der Waals surface area contributed by atoms with Gasteiger partial charge in [-0.3, -0.25) is 4.79 Å². The van der Waals surface area contributed by atoms with E-state index in [-0.39, 0.29) is 17.5 Å². The zero-order valence-corrected chi connectivity index (χ0v) is 17.1. The van der Waals surface area contributed by atoms with Gasteiger partial charge < -0.3 is 10.2 Å². The molecule has 1 aromatic rings. The van der Waals surface area contributed by atoms with Gasteiger partial charge in [-0.05, 0) is 62.1 Å². The molecule has 1 unspecified atom stereocenters. The second kappa shape index (κ2) is 10.8. The van der Waals surface area contributed by atoms with Gasteiger partial charge in [0.2, 0.25) is 0 Å². The van der Waals surface area contributed by atoms with Crippen molar-refractivity contribution in [2.75, 3.05) is 13.1 Å². The topological polar surface area (TPSA) is 56.1 Å². The lowest BCUT2D eigenvalue weighted by Gasteiger charge is -2.21. The minimum absolute atomic E-state index is 0.114. The molecule has 4 nitrogen and oxygen atoms in total. The van der Waals surface area contributed by atoms with Crippen LogP contribution >= 0.6 is 0 Å². The van der Waals surface area contributed by atoms with Crippen LogP contribution in [0.1, 0.15) is 75.6 Å². The molecule has 4 heteroatoms. The number of benzene rings is 1. The maximum Gasteiger partial charge on any atom is 0.263 e. The molecule has 1 aliphatic carbocycles. The summed E-state index contributed by atoms with van der Waals surface area (Å²) < 4.78 is 0. The van der Waals surface area contributed by atoms with Crippen LogP contribution in [-0.2, 0) is 17.6 Å². The Morgan fingerprint density at radius 1 is 1.22 bits per heavy atom. The molecule has 0 radical (unpaired) electrons. The average molecular weight is 368 g/mol. The van der Waals surface area contributed by atoms with E-state index in [9.17, 15) is 10.1 Å². The number of nitriles is 1. The Hall–Kier alpha value is -2.28. The van der Waals surface area contributed by atoms with E-state index in [2.05, 4.69) is 48.3 Å². The van der Waals surface area contributed by atoms with E-state index in [1.54, 1.807) is 6.20 Å². The van der Waals surface area contributed by atoms with Crippen molar-refractivity contribution < 1.29 is 4.79 Å². The summed E-state index contributed by atoms with van der Waals surface area (Å²) in [6.07, 6.45) is 9.66. The third-order valence-electron chi connectivity index (χ3n) is 5.21. The number of hydrogen-bond acceptors (Lipinski definition) is 3. The predicted octanol–water partition coefficient (Wildman–Crippen LogP) is 4.66. The first-order chi connectivity index (χ1) is 13.1. The van der Waals surface area contributed by atoms with Crippen molar-refractivity contribution in [3.05, 3.63) is 46.7 Å². The number of carbonyl (C=O) groups is 1. The second-order valence-corrected chi connectivity index (χ2v) is 7.47. The first-order valence-corrected chi connectivity index (χ1v) is 10.4. The maximum atomic E-state index is 12.6. The lowest BCUT2D eigenvalue weighted by molar-refractivity contribution is -0.117. The molecule has 0 heterocycles. The highest BCUT2D eigenvalue weighted by atomic mass is 16.1. The Morgan fingerprint density at radius 2 is 1.96 bits per heavy atom. The fourth-order valence-corrected chi connectivity index (χ4v) is 3.59. The molecule has 0 bridgehead atoms. The Morgan fingerprint density at radius 3 is 2.63 bits per heavy atom. The Labute approximate surface area is 164 Å². The van der Waals surface area contributed by atoms with Crippen LogP contribution < -0.4 is 5.32 Å². The number of nitrogens with one attached hydrogen (secondary N) is 1. The normalized spacial score (nSPS) is 14.8. The minimum atomic E-state index is -0.291. The molecule has 0 fully saturated rings. The molecule has 1 atom stereocenters. The van der Waals surface area contributed by atoms with E-state index < -0.39 is 0 Å². The number of fused-ring (bicyclic) bond motifs is 1. The SMILES string of the molecule is CCCCN(/C=C(/C#N)C(=O)NC(C)c1ccc2c(c1)CCCC2)CCC. The van der Waals surface area contributed by atoms with Gasteiger partial charge in [0.15, 0.2) is 0 Å². The van der Waals surface area contributed by atoms with Gasteiger partial charge in [-0.25, -0.2) is 0 Å². The van der Waals surface area contributed by atoms with E-state index in [0.717, 1.165) is 50.8 Å². The van der Waals surface area contributed by atoms with Crippen LogP contribution in [0, 0.1) is 11.3 Å². The maximum absolute atomic E-state index is 12.6. The summed E-state index contributed by atoms with van der Waals surface area (Å²) in [4.78, 5) is 14.7. The monoisotopic (exact) mass is 367 g/mol. The number of hydrogen-bond donors (Lipinski definition) is 1. The van der Waals surface area contributed by atoms with Gasteiger partial charge in [0, 0.05) is 19.3 Å². The lowest BCUT2D eigenvalue weighted by atomic mass is 9.89. The highest BCUT2D eigenvalue weighted by Gasteiger charge is 2.17. The Bertz CT molecular complexity index is 702. The zero-order valence-electron chi connectivity index (χ0n) is 17.1. The molecule has 1 aromatic carbocycles. The minimum Gasteiger partial charge on any atom is -0.376 e. The van der Waals surface area contributed by atoms with Crippen LogP contribution in [0.5, 0.6) is 0 Å². The number of nitrogens with zero attached hydrogens (tertiary/aromatic N) is 2. The summed E-state index contributed by atoms with van der Waals surface area (Å²) in [6, 6.07) is 8.49. The van der Waals surface area contributed by atoms with Gasteiger partial charge in [0.25, 0.3) is 5.91 Å². The molecule has 1 amide bonds. The first-order valence-electron chi connectivity index (χ1n) is 10.4. The van der Waals surface area contributed by atoms with Crippen molar-refractivity contribution in [2.24, 2.45) is 0 Å². The molecular weight excluding hydrogens is 334 g/mol. The van der Waals surface area contributed by atoms with Crippen molar-refractivity contribution in [3.8, 4) is 6.07 Å². The van der Waals surface area contributed by atoms with Crippen molar-refractivity contribution in [1.82, 2.24) is 10.2 Å². The number of carbonyl (C=O) groups excluding carboxylic acids is 1. The molecular formula is C23H33N3O. The van der Waals surface area contributed by atoms with Gasteiger partial charge >= 0.3 is 0 Å². The summed E-state index contributed by atoms with van der Waals surface area (Å²) in [5, 5.41) is 12.5. The second-order valence-electron chi connectivity index (χ2n) is 7.47. The van der Waals surface area contributed by atoms with E-state index in [0.29, 0.717) is 0 Å². The van der Waals surface area contributed by atoms with E-state index in [1.165, 1.54) is 24.0 Å². The van der Waals surface area contributed by atoms with Gasteiger partial charge in [-0.2, -0.15) is 5.26 Å². The van der Waals surface area contributed by atoms with Crippen LogP contribution in [-0.4, -0.2) is 23.9 Å². The molecule has 0 spiro atoms. The molecule has 146 valence electrons. The number of aryl methyl sites for hydroxylation is 2. The quantitative estimate of drug-likeness (QED) is 0.510. The molecule has 0 aromatic heterocycles. The average Bonchev–Trinajstić information content (AvgIpc) is 2.69. The first kappa shape index (κ1) is 21.0. The smallest absolute Gasteiger partial charge is 0.263 e. The van der Waals surface area contributed by atoms with E-state index in [1.807, 2.05) is 6.92 Å². The van der Waals surface area contributed by atoms with Crippen molar-refractivity contribution in [2.45, 2.75) is 71.8 Å². The molecule has 0 saturated heterocycles. The van der Waals surface area contributed by atoms with Crippen LogP contribution in [0.25, 0.3) is 0 Å². The van der Waals surface area contributed by atoms with Crippen LogP contribution in [0.3, 0.4) is 0 Å². The van der Waals surface area contributed by atoms with Crippen molar-refractivity contribution in [1.29, 1.82) is 5.26 Å². The molecule has 1 aliphatic rings. The fourth-order valence-electron chi connectivity index (χ4n) is 3.59. The summed E-state index contributed by atoms with van der Waals surface area (Å²) >= 11 is 0. The fraction of sp³-hybridized carbons (Fsp3) is 0.565.